The van der Waals surface area contributed by atoms with Gasteiger partial charge in [-0.25, -0.2) is 4.39 Å². The molecular formula is C14H22FNO. The zero-order valence-electron chi connectivity index (χ0n) is 11.3. The Hall–Kier alpha value is -1.09. The molecule has 0 fully saturated rings. The molecule has 0 aliphatic heterocycles. The summed E-state index contributed by atoms with van der Waals surface area (Å²) >= 11 is 0. The number of halogens is 1. The van der Waals surface area contributed by atoms with Crippen molar-refractivity contribution in [3.8, 4) is 5.75 Å². The van der Waals surface area contributed by atoms with E-state index in [1.807, 2.05) is 26.8 Å². The monoisotopic (exact) mass is 239 g/mol. The molecule has 0 aromatic heterocycles. The van der Waals surface area contributed by atoms with Gasteiger partial charge in [0.25, 0.3) is 0 Å². The Morgan fingerprint density at radius 3 is 2.41 bits per heavy atom. The number of ether oxygens (including phenoxy) is 1. The van der Waals surface area contributed by atoms with Gasteiger partial charge in [-0.3, -0.25) is 0 Å². The van der Waals surface area contributed by atoms with Gasteiger partial charge in [-0.2, -0.15) is 0 Å². The van der Waals surface area contributed by atoms with Crippen molar-refractivity contribution in [3.63, 3.8) is 0 Å². The Morgan fingerprint density at radius 2 is 1.94 bits per heavy atom. The lowest BCUT2D eigenvalue weighted by Crippen LogP contribution is -2.24. The van der Waals surface area contributed by atoms with E-state index in [1.54, 1.807) is 6.07 Å². The summed E-state index contributed by atoms with van der Waals surface area (Å²) in [5.41, 5.74) is 0.552. The van der Waals surface area contributed by atoms with Crippen molar-refractivity contribution in [2.45, 2.75) is 52.8 Å². The van der Waals surface area contributed by atoms with Gasteiger partial charge in [0.2, 0.25) is 0 Å². The van der Waals surface area contributed by atoms with Gasteiger partial charge in [0.15, 0.2) is 11.6 Å². The first-order valence-corrected chi connectivity index (χ1v) is 5.99. The van der Waals surface area contributed by atoms with Gasteiger partial charge >= 0.3 is 0 Å². The highest BCUT2D eigenvalue weighted by Crippen LogP contribution is 2.22. The average molecular weight is 239 g/mol. The molecule has 0 aliphatic carbocycles. The lowest BCUT2D eigenvalue weighted by molar-refractivity contribution is 0.124. The van der Waals surface area contributed by atoms with Crippen LogP contribution in [-0.4, -0.2) is 11.6 Å². The Labute approximate surface area is 103 Å². The molecule has 17 heavy (non-hydrogen) atoms. The highest BCUT2D eigenvalue weighted by Gasteiger charge is 2.14. The first kappa shape index (κ1) is 14.0. The molecular weight excluding hydrogens is 217 g/mol. The van der Waals surface area contributed by atoms with Crippen molar-refractivity contribution in [3.05, 3.63) is 29.6 Å². The molecule has 0 amide bonds. The van der Waals surface area contributed by atoms with Crippen LogP contribution >= 0.6 is 0 Å². The maximum absolute atomic E-state index is 13.8. The third-order valence-corrected chi connectivity index (χ3v) is 2.13. The summed E-state index contributed by atoms with van der Waals surface area (Å²) < 4.78 is 19.3. The summed E-state index contributed by atoms with van der Waals surface area (Å²) in [5.74, 6) is 0.00813. The predicted octanol–water partition coefficient (Wildman–Crippen LogP) is 3.50. The minimum Gasteiger partial charge on any atom is -0.485 e. The van der Waals surface area contributed by atoms with Crippen molar-refractivity contribution < 1.29 is 9.13 Å². The quantitative estimate of drug-likeness (QED) is 0.868. The fourth-order valence-electron chi connectivity index (χ4n) is 1.39. The molecule has 0 aliphatic rings. The fourth-order valence-corrected chi connectivity index (χ4v) is 1.39. The van der Waals surface area contributed by atoms with Crippen LogP contribution in [0.3, 0.4) is 0 Å². The minimum atomic E-state index is -0.376. The number of nitrogens with one attached hydrogen (secondary N) is 1. The maximum atomic E-state index is 13.8. The second-order valence-corrected chi connectivity index (χ2v) is 5.51. The molecule has 96 valence electrons. The smallest absolute Gasteiger partial charge is 0.165 e. The normalized spacial score (nSPS) is 11.9. The molecule has 1 aromatic rings. The number of hydrogen-bond donors (Lipinski definition) is 1. The van der Waals surface area contributed by atoms with E-state index in [1.165, 1.54) is 6.07 Å². The van der Waals surface area contributed by atoms with Crippen molar-refractivity contribution in [2.75, 3.05) is 0 Å². The third-order valence-electron chi connectivity index (χ3n) is 2.13. The van der Waals surface area contributed by atoms with Gasteiger partial charge in [0, 0.05) is 12.6 Å². The van der Waals surface area contributed by atoms with E-state index in [9.17, 15) is 4.39 Å². The van der Waals surface area contributed by atoms with E-state index in [-0.39, 0.29) is 11.4 Å². The first-order valence-electron chi connectivity index (χ1n) is 5.99. The fraction of sp³-hybridized carbons (Fsp3) is 0.571. The van der Waals surface area contributed by atoms with Crippen LogP contribution in [0.2, 0.25) is 0 Å². The number of hydrogen-bond acceptors (Lipinski definition) is 2. The summed E-state index contributed by atoms with van der Waals surface area (Å²) in [4.78, 5) is 0. The minimum absolute atomic E-state index is 0.303. The summed E-state index contributed by atoms with van der Waals surface area (Å²) in [6.45, 7) is 10.5. The van der Waals surface area contributed by atoms with Crippen molar-refractivity contribution in [1.29, 1.82) is 0 Å². The van der Waals surface area contributed by atoms with Crippen LogP contribution in [0.5, 0.6) is 5.75 Å². The van der Waals surface area contributed by atoms with Gasteiger partial charge in [-0.15, -0.1) is 0 Å². The molecule has 1 aromatic carbocycles. The Kier molecular flexibility index (Phi) is 4.52. The van der Waals surface area contributed by atoms with Crippen molar-refractivity contribution in [2.24, 2.45) is 0 Å². The summed E-state index contributed by atoms with van der Waals surface area (Å²) in [7, 11) is 0. The third kappa shape index (κ3) is 5.18. The van der Waals surface area contributed by atoms with E-state index in [0.717, 1.165) is 5.56 Å². The van der Waals surface area contributed by atoms with Crippen molar-refractivity contribution in [1.82, 2.24) is 5.32 Å². The standard InChI is InChI=1S/C14H22FNO/c1-10(2)16-9-11-6-7-13(12(15)8-11)17-14(3,4)5/h6-8,10,16H,9H2,1-5H3. The lowest BCUT2D eigenvalue weighted by atomic mass is 10.1. The molecule has 0 heterocycles. The van der Waals surface area contributed by atoms with E-state index in [2.05, 4.69) is 19.2 Å². The lowest BCUT2D eigenvalue weighted by Gasteiger charge is -2.21. The zero-order chi connectivity index (χ0) is 13.1. The Morgan fingerprint density at radius 1 is 1.29 bits per heavy atom. The van der Waals surface area contributed by atoms with Crippen LogP contribution in [0, 0.1) is 5.82 Å². The largest absolute Gasteiger partial charge is 0.485 e. The van der Waals surface area contributed by atoms with Crippen LogP contribution in [0.25, 0.3) is 0 Å². The second-order valence-electron chi connectivity index (χ2n) is 5.51. The molecule has 0 radical (unpaired) electrons. The molecule has 2 nitrogen and oxygen atoms in total. The predicted molar refractivity (Wildman–Crippen MR) is 68.8 cm³/mol. The molecule has 0 bridgehead atoms. The molecule has 0 unspecified atom stereocenters. The van der Waals surface area contributed by atoms with Crippen LogP contribution < -0.4 is 10.1 Å². The molecule has 3 heteroatoms. The highest BCUT2D eigenvalue weighted by molar-refractivity contribution is 5.29. The van der Waals surface area contributed by atoms with Gasteiger partial charge in [0.05, 0.1) is 0 Å². The van der Waals surface area contributed by atoms with Gasteiger partial charge in [0.1, 0.15) is 5.60 Å². The molecule has 0 saturated carbocycles. The number of rotatable bonds is 4. The van der Waals surface area contributed by atoms with Crippen LogP contribution in [-0.2, 0) is 6.54 Å². The molecule has 0 saturated heterocycles. The van der Waals surface area contributed by atoms with E-state index in [4.69, 9.17) is 4.74 Å². The highest BCUT2D eigenvalue weighted by atomic mass is 19.1. The van der Waals surface area contributed by atoms with Crippen molar-refractivity contribution >= 4 is 0 Å². The average Bonchev–Trinajstić information content (AvgIpc) is 2.17. The van der Waals surface area contributed by atoms with E-state index in [0.29, 0.717) is 18.3 Å². The number of benzene rings is 1. The Bertz CT molecular complexity index is 369. The van der Waals surface area contributed by atoms with Gasteiger partial charge in [-0.1, -0.05) is 19.9 Å². The SMILES string of the molecule is CC(C)NCc1ccc(OC(C)(C)C)c(F)c1. The maximum Gasteiger partial charge on any atom is 0.165 e. The van der Waals surface area contributed by atoms with Crippen LogP contribution in [0.4, 0.5) is 4.39 Å². The first-order chi connectivity index (χ1) is 7.78. The summed E-state index contributed by atoms with van der Waals surface area (Å²) in [6.07, 6.45) is 0. The molecule has 0 spiro atoms. The van der Waals surface area contributed by atoms with Crippen LogP contribution in [0.15, 0.2) is 18.2 Å². The van der Waals surface area contributed by atoms with Gasteiger partial charge in [-0.05, 0) is 38.5 Å². The van der Waals surface area contributed by atoms with E-state index >= 15 is 0 Å². The summed E-state index contributed by atoms with van der Waals surface area (Å²) in [5, 5.41) is 3.25. The molecule has 1 rings (SSSR count). The molecule has 0 atom stereocenters. The second kappa shape index (κ2) is 5.50. The van der Waals surface area contributed by atoms with Gasteiger partial charge < -0.3 is 10.1 Å². The zero-order valence-corrected chi connectivity index (χ0v) is 11.3. The van der Waals surface area contributed by atoms with E-state index < -0.39 is 0 Å². The Balaban J connectivity index is 2.72. The molecule has 1 N–H and O–H groups in total. The summed E-state index contributed by atoms with van der Waals surface area (Å²) in [6, 6.07) is 5.50. The van der Waals surface area contributed by atoms with Crippen LogP contribution in [0.1, 0.15) is 40.2 Å². The topological polar surface area (TPSA) is 21.3 Å².